The lowest BCUT2D eigenvalue weighted by Crippen LogP contribution is -2.30. The number of hydrogen-bond donors (Lipinski definition) is 1. The molecule has 5 nitrogen and oxygen atoms in total. The largest absolute Gasteiger partial charge is 0.508 e. The normalized spacial score (nSPS) is 11.0. The molecule has 2 heterocycles. The Hall–Kier alpha value is -3.47. The topological polar surface area (TPSA) is 66.8 Å². The molecule has 2 aromatic carbocycles. The standard InChI is InChI=1S/C22H19NO4/c1-15-18-9-3-5-11-20(18)27-21(15)22(25)23(14-17-8-6-12-26-17)13-16-7-2-4-10-19(16)24/h2-12,24H,13-14H2,1H3. The Bertz CT molecular complexity index is 1080. The minimum Gasteiger partial charge on any atom is -0.508 e. The average molecular weight is 361 g/mol. The van der Waals surface area contributed by atoms with Crippen LogP contribution in [0.3, 0.4) is 0 Å². The highest BCUT2D eigenvalue weighted by molar-refractivity contribution is 5.98. The summed E-state index contributed by atoms with van der Waals surface area (Å²) in [6.07, 6.45) is 1.57. The second kappa shape index (κ2) is 7.03. The Balaban J connectivity index is 1.71. The maximum atomic E-state index is 13.3. The van der Waals surface area contributed by atoms with Crippen LogP contribution >= 0.6 is 0 Å². The molecule has 4 aromatic rings. The van der Waals surface area contributed by atoms with E-state index >= 15 is 0 Å². The maximum absolute atomic E-state index is 13.3. The number of carbonyl (C=O) groups excluding carboxylic acids is 1. The summed E-state index contributed by atoms with van der Waals surface area (Å²) < 4.78 is 11.3. The van der Waals surface area contributed by atoms with E-state index in [1.54, 1.807) is 35.4 Å². The first kappa shape index (κ1) is 17.0. The van der Waals surface area contributed by atoms with Crippen molar-refractivity contribution in [2.24, 2.45) is 0 Å². The van der Waals surface area contributed by atoms with Gasteiger partial charge >= 0.3 is 0 Å². The van der Waals surface area contributed by atoms with E-state index in [0.29, 0.717) is 22.7 Å². The average Bonchev–Trinajstić information content (AvgIpc) is 3.31. The SMILES string of the molecule is Cc1c(C(=O)N(Cc2ccco2)Cc2ccccc2O)oc2ccccc12. The number of nitrogens with zero attached hydrogens (tertiary/aromatic N) is 1. The summed E-state index contributed by atoms with van der Waals surface area (Å²) in [6, 6.07) is 18.2. The van der Waals surface area contributed by atoms with Crippen LogP contribution < -0.4 is 0 Å². The van der Waals surface area contributed by atoms with Crippen LogP contribution in [0.1, 0.15) is 27.4 Å². The molecule has 0 saturated carbocycles. The molecule has 0 fully saturated rings. The van der Waals surface area contributed by atoms with Gasteiger partial charge in [0.1, 0.15) is 17.1 Å². The quantitative estimate of drug-likeness (QED) is 0.550. The second-order valence-electron chi connectivity index (χ2n) is 6.42. The van der Waals surface area contributed by atoms with Crippen LogP contribution in [0.25, 0.3) is 11.0 Å². The van der Waals surface area contributed by atoms with Gasteiger partial charge in [-0.1, -0.05) is 36.4 Å². The number of hydrogen-bond acceptors (Lipinski definition) is 4. The van der Waals surface area contributed by atoms with Crippen LogP contribution in [0.5, 0.6) is 5.75 Å². The van der Waals surface area contributed by atoms with Crippen molar-refractivity contribution < 1.29 is 18.7 Å². The Morgan fingerprint density at radius 2 is 1.78 bits per heavy atom. The molecular weight excluding hydrogens is 342 g/mol. The van der Waals surface area contributed by atoms with E-state index in [9.17, 15) is 9.90 Å². The zero-order valence-corrected chi connectivity index (χ0v) is 14.9. The first-order valence-electron chi connectivity index (χ1n) is 8.70. The molecule has 0 aliphatic rings. The van der Waals surface area contributed by atoms with E-state index in [4.69, 9.17) is 8.83 Å². The van der Waals surface area contributed by atoms with E-state index in [-0.39, 0.29) is 24.7 Å². The maximum Gasteiger partial charge on any atom is 0.290 e. The summed E-state index contributed by atoms with van der Waals surface area (Å²) >= 11 is 0. The van der Waals surface area contributed by atoms with Crippen LogP contribution in [0.2, 0.25) is 0 Å². The fraction of sp³-hybridized carbons (Fsp3) is 0.136. The number of aromatic hydroxyl groups is 1. The Morgan fingerprint density at radius 1 is 1.00 bits per heavy atom. The molecule has 0 aliphatic carbocycles. The Labute approximate surface area is 156 Å². The summed E-state index contributed by atoms with van der Waals surface area (Å²) in [5.41, 5.74) is 2.14. The Morgan fingerprint density at radius 3 is 2.52 bits per heavy atom. The predicted octanol–water partition coefficient (Wildman–Crippen LogP) is 4.88. The molecule has 0 saturated heterocycles. The molecule has 0 unspecified atom stereocenters. The van der Waals surface area contributed by atoms with Crippen molar-refractivity contribution in [3.8, 4) is 5.75 Å². The van der Waals surface area contributed by atoms with Gasteiger partial charge in [0, 0.05) is 16.5 Å². The molecule has 0 atom stereocenters. The molecular formula is C22H19NO4. The van der Waals surface area contributed by atoms with Crippen LogP contribution in [0, 0.1) is 6.92 Å². The van der Waals surface area contributed by atoms with Crippen molar-refractivity contribution in [1.29, 1.82) is 0 Å². The van der Waals surface area contributed by atoms with Crippen LogP contribution in [0.15, 0.2) is 75.8 Å². The van der Waals surface area contributed by atoms with Gasteiger partial charge in [-0.25, -0.2) is 0 Å². The van der Waals surface area contributed by atoms with E-state index < -0.39 is 0 Å². The smallest absolute Gasteiger partial charge is 0.290 e. The lowest BCUT2D eigenvalue weighted by molar-refractivity contribution is 0.0685. The molecule has 0 radical (unpaired) electrons. The van der Waals surface area contributed by atoms with Crippen LogP contribution in [-0.4, -0.2) is 15.9 Å². The minimum atomic E-state index is -0.247. The second-order valence-corrected chi connectivity index (χ2v) is 6.42. The molecule has 4 rings (SSSR count). The molecule has 1 amide bonds. The van der Waals surface area contributed by atoms with E-state index in [1.807, 2.05) is 43.3 Å². The van der Waals surface area contributed by atoms with Crippen LogP contribution in [0.4, 0.5) is 0 Å². The van der Waals surface area contributed by atoms with Gasteiger partial charge in [-0.2, -0.15) is 0 Å². The number of carbonyl (C=O) groups is 1. The number of rotatable bonds is 5. The zero-order chi connectivity index (χ0) is 18.8. The molecule has 5 heteroatoms. The molecule has 0 spiro atoms. The third kappa shape index (κ3) is 3.31. The summed E-state index contributed by atoms with van der Waals surface area (Å²) in [6.45, 7) is 2.39. The van der Waals surface area contributed by atoms with Gasteiger partial charge in [-0.05, 0) is 31.2 Å². The van der Waals surface area contributed by atoms with Crippen molar-refractivity contribution in [3.63, 3.8) is 0 Å². The number of phenolic OH excluding ortho intramolecular Hbond substituents is 1. The molecule has 27 heavy (non-hydrogen) atoms. The number of aryl methyl sites for hydroxylation is 1. The fourth-order valence-electron chi connectivity index (χ4n) is 3.16. The van der Waals surface area contributed by atoms with Crippen molar-refractivity contribution in [2.45, 2.75) is 20.0 Å². The van der Waals surface area contributed by atoms with E-state index in [1.165, 1.54) is 0 Å². The lowest BCUT2D eigenvalue weighted by atomic mass is 10.1. The minimum absolute atomic E-state index is 0.149. The zero-order valence-electron chi connectivity index (χ0n) is 14.9. The van der Waals surface area contributed by atoms with Gasteiger partial charge in [-0.3, -0.25) is 4.79 Å². The first-order chi connectivity index (χ1) is 13.1. The van der Waals surface area contributed by atoms with Gasteiger partial charge < -0.3 is 18.8 Å². The molecule has 2 aromatic heterocycles. The Kier molecular flexibility index (Phi) is 4.42. The number of furan rings is 2. The van der Waals surface area contributed by atoms with Crippen LogP contribution in [-0.2, 0) is 13.1 Å². The predicted molar refractivity (Wildman–Crippen MR) is 101 cm³/mol. The lowest BCUT2D eigenvalue weighted by Gasteiger charge is -2.21. The number of phenols is 1. The number of fused-ring (bicyclic) bond motifs is 1. The van der Waals surface area contributed by atoms with Gasteiger partial charge in [-0.15, -0.1) is 0 Å². The van der Waals surface area contributed by atoms with Crippen molar-refractivity contribution >= 4 is 16.9 Å². The summed E-state index contributed by atoms with van der Waals surface area (Å²) in [5, 5.41) is 11.0. The van der Waals surface area contributed by atoms with Crippen molar-refractivity contribution in [1.82, 2.24) is 4.90 Å². The monoisotopic (exact) mass is 361 g/mol. The van der Waals surface area contributed by atoms with E-state index in [2.05, 4.69) is 0 Å². The highest BCUT2D eigenvalue weighted by Crippen LogP contribution is 2.28. The summed E-state index contributed by atoms with van der Waals surface area (Å²) in [7, 11) is 0. The van der Waals surface area contributed by atoms with Gasteiger partial charge in [0.05, 0.1) is 19.4 Å². The highest BCUT2D eigenvalue weighted by atomic mass is 16.3. The molecule has 0 aliphatic heterocycles. The molecule has 136 valence electrons. The summed E-state index contributed by atoms with van der Waals surface area (Å²) in [5.74, 6) is 0.866. The third-order valence-electron chi connectivity index (χ3n) is 4.60. The number of amides is 1. The van der Waals surface area contributed by atoms with Crippen molar-refractivity contribution in [2.75, 3.05) is 0 Å². The van der Waals surface area contributed by atoms with Crippen molar-refractivity contribution in [3.05, 3.63) is 89.6 Å². The molecule has 0 bridgehead atoms. The van der Waals surface area contributed by atoms with Gasteiger partial charge in [0.25, 0.3) is 5.91 Å². The van der Waals surface area contributed by atoms with Gasteiger partial charge in [0.2, 0.25) is 0 Å². The highest BCUT2D eigenvalue weighted by Gasteiger charge is 2.25. The summed E-state index contributed by atoms with van der Waals surface area (Å²) in [4.78, 5) is 14.9. The van der Waals surface area contributed by atoms with E-state index in [0.717, 1.165) is 10.9 Å². The van der Waals surface area contributed by atoms with Gasteiger partial charge in [0.15, 0.2) is 5.76 Å². The fourth-order valence-corrected chi connectivity index (χ4v) is 3.16. The number of para-hydroxylation sites is 2. The molecule has 1 N–H and O–H groups in total. The number of benzene rings is 2. The third-order valence-corrected chi connectivity index (χ3v) is 4.60. The first-order valence-corrected chi connectivity index (χ1v) is 8.70.